The molecule has 3 heterocycles. The van der Waals surface area contributed by atoms with Crippen molar-refractivity contribution in [1.82, 2.24) is 30.0 Å². The number of nitrogens with zero attached hydrogens (tertiary/aromatic N) is 6. The predicted octanol–water partition coefficient (Wildman–Crippen LogP) is 2.96. The average Bonchev–Trinajstić information content (AvgIpc) is 3.37. The van der Waals surface area contributed by atoms with Crippen LogP contribution < -0.4 is 10.2 Å². The lowest BCUT2D eigenvalue weighted by atomic mass is 10.2. The number of anilines is 1. The fraction of sp³-hybridized carbons (Fsp3) is 0.455. The van der Waals surface area contributed by atoms with Crippen LogP contribution in [0, 0.1) is 0 Å². The lowest BCUT2D eigenvalue weighted by Crippen LogP contribution is -2.45. The van der Waals surface area contributed by atoms with Crippen molar-refractivity contribution in [2.75, 3.05) is 31.1 Å². The minimum Gasteiger partial charge on any atom is -0.353 e. The van der Waals surface area contributed by atoms with Gasteiger partial charge in [0.25, 0.3) is 0 Å². The molecule has 8 heteroatoms. The van der Waals surface area contributed by atoms with E-state index in [1.807, 2.05) is 47.4 Å². The molecule has 1 aliphatic carbocycles. The fourth-order valence-corrected chi connectivity index (χ4v) is 4.40. The fourth-order valence-electron chi connectivity index (χ4n) is 4.40. The molecule has 1 aliphatic heterocycles. The van der Waals surface area contributed by atoms with Gasteiger partial charge in [-0.3, -0.25) is 0 Å². The van der Waals surface area contributed by atoms with E-state index in [0.29, 0.717) is 12.6 Å². The van der Waals surface area contributed by atoms with Gasteiger partial charge >= 0.3 is 6.03 Å². The Bertz CT molecular complexity index is 1010. The molecule has 1 saturated heterocycles. The third kappa shape index (κ3) is 3.81. The van der Waals surface area contributed by atoms with Crippen molar-refractivity contribution in [3.05, 3.63) is 42.5 Å². The van der Waals surface area contributed by atoms with E-state index in [2.05, 4.69) is 20.4 Å². The SMILES string of the molecule is O=C(NC1CCCC1)N1CCCN(c2ccc3nnc(-c4ccccc4)n3n2)CC1. The molecule has 2 aliphatic rings. The summed E-state index contributed by atoms with van der Waals surface area (Å²) >= 11 is 0. The van der Waals surface area contributed by atoms with Crippen molar-refractivity contribution in [3.63, 3.8) is 0 Å². The van der Waals surface area contributed by atoms with Crippen LogP contribution in [0.5, 0.6) is 0 Å². The number of aromatic nitrogens is 4. The second-order valence-electron chi connectivity index (χ2n) is 8.11. The Balaban J connectivity index is 1.31. The highest BCUT2D eigenvalue weighted by Gasteiger charge is 2.24. The summed E-state index contributed by atoms with van der Waals surface area (Å²) in [6, 6.07) is 14.4. The van der Waals surface area contributed by atoms with Crippen molar-refractivity contribution >= 4 is 17.5 Å². The zero-order valence-corrected chi connectivity index (χ0v) is 17.1. The Morgan fingerprint density at radius 3 is 2.57 bits per heavy atom. The van der Waals surface area contributed by atoms with E-state index in [4.69, 9.17) is 5.10 Å². The summed E-state index contributed by atoms with van der Waals surface area (Å²) in [5.41, 5.74) is 1.71. The van der Waals surface area contributed by atoms with E-state index < -0.39 is 0 Å². The number of urea groups is 1. The van der Waals surface area contributed by atoms with Crippen LogP contribution in [0.4, 0.5) is 10.6 Å². The number of fused-ring (bicyclic) bond motifs is 1. The third-order valence-corrected chi connectivity index (χ3v) is 6.07. The van der Waals surface area contributed by atoms with Crippen molar-refractivity contribution in [2.45, 2.75) is 38.1 Å². The zero-order valence-electron chi connectivity index (χ0n) is 17.1. The van der Waals surface area contributed by atoms with Crippen LogP contribution in [0.2, 0.25) is 0 Å². The molecule has 8 nitrogen and oxygen atoms in total. The number of benzene rings is 1. The molecule has 0 bridgehead atoms. The predicted molar refractivity (Wildman–Crippen MR) is 115 cm³/mol. The van der Waals surface area contributed by atoms with Crippen LogP contribution in [0.25, 0.3) is 17.0 Å². The van der Waals surface area contributed by atoms with E-state index in [1.165, 1.54) is 12.8 Å². The highest BCUT2D eigenvalue weighted by Crippen LogP contribution is 2.21. The molecule has 2 amide bonds. The van der Waals surface area contributed by atoms with Crippen molar-refractivity contribution < 1.29 is 4.79 Å². The van der Waals surface area contributed by atoms with Crippen LogP contribution in [-0.4, -0.2) is 63.0 Å². The van der Waals surface area contributed by atoms with Gasteiger partial charge in [-0.15, -0.1) is 15.3 Å². The number of rotatable bonds is 3. The lowest BCUT2D eigenvalue weighted by molar-refractivity contribution is 0.197. The normalized spacial score (nSPS) is 18.0. The van der Waals surface area contributed by atoms with Gasteiger partial charge in [0.15, 0.2) is 11.5 Å². The number of carbonyl (C=O) groups excluding carboxylic acids is 1. The Hall–Kier alpha value is -3.16. The first-order chi connectivity index (χ1) is 14.8. The lowest BCUT2D eigenvalue weighted by Gasteiger charge is -2.24. The molecular formula is C22H27N7O. The number of carbonyl (C=O) groups is 1. The smallest absolute Gasteiger partial charge is 0.317 e. The summed E-state index contributed by atoms with van der Waals surface area (Å²) in [6.07, 6.45) is 5.59. The molecule has 0 spiro atoms. The number of hydrogen-bond acceptors (Lipinski definition) is 5. The zero-order chi connectivity index (χ0) is 20.3. The maximum atomic E-state index is 12.7. The van der Waals surface area contributed by atoms with E-state index in [9.17, 15) is 4.79 Å². The van der Waals surface area contributed by atoms with Crippen molar-refractivity contribution in [2.24, 2.45) is 0 Å². The molecule has 30 heavy (non-hydrogen) atoms. The number of amides is 2. The first-order valence-electron chi connectivity index (χ1n) is 10.9. The second kappa shape index (κ2) is 8.30. The topological polar surface area (TPSA) is 78.7 Å². The molecule has 156 valence electrons. The summed E-state index contributed by atoms with van der Waals surface area (Å²) in [5, 5.41) is 16.6. The highest BCUT2D eigenvalue weighted by atomic mass is 16.2. The Kier molecular flexibility index (Phi) is 5.21. The van der Waals surface area contributed by atoms with Crippen LogP contribution in [0.15, 0.2) is 42.5 Å². The van der Waals surface area contributed by atoms with Crippen LogP contribution in [0.1, 0.15) is 32.1 Å². The van der Waals surface area contributed by atoms with Crippen molar-refractivity contribution in [3.8, 4) is 11.4 Å². The molecule has 1 aromatic carbocycles. The summed E-state index contributed by atoms with van der Waals surface area (Å²) in [5.74, 6) is 1.62. The van der Waals surface area contributed by atoms with Gasteiger partial charge in [-0.1, -0.05) is 43.2 Å². The molecule has 0 atom stereocenters. The van der Waals surface area contributed by atoms with Gasteiger partial charge < -0.3 is 15.1 Å². The van der Waals surface area contributed by atoms with E-state index in [-0.39, 0.29) is 6.03 Å². The van der Waals surface area contributed by atoms with Gasteiger partial charge in [0.1, 0.15) is 5.82 Å². The van der Waals surface area contributed by atoms with E-state index in [1.54, 1.807) is 4.52 Å². The minimum absolute atomic E-state index is 0.0809. The minimum atomic E-state index is 0.0809. The standard InChI is InChI=1S/C22H27N7O/c30-22(23-18-9-4-5-10-18)28-14-6-13-27(15-16-28)20-12-11-19-24-25-21(29(19)26-20)17-7-2-1-3-8-17/h1-3,7-8,11-12,18H,4-6,9-10,13-16H2,(H,23,30). The number of hydrogen-bond donors (Lipinski definition) is 1. The molecule has 1 saturated carbocycles. The van der Waals surface area contributed by atoms with Crippen LogP contribution in [-0.2, 0) is 0 Å². The molecule has 2 fully saturated rings. The molecule has 0 radical (unpaired) electrons. The first-order valence-corrected chi connectivity index (χ1v) is 10.9. The van der Waals surface area contributed by atoms with Gasteiger partial charge in [-0.25, -0.2) is 4.79 Å². The van der Waals surface area contributed by atoms with Gasteiger partial charge in [0.2, 0.25) is 0 Å². The van der Waals surface area contributed by atoms with Crippen LogP contribution in [0.3, 0.4) is 0 Å². The first kappa shape index (κ1) is 18.8. The molecule has 2 aromatic heterocycles. The maximum absolute atomic E-state index is 12.7. The molecule has 3 aromatic rings. The average molecular weight is 406 g/mol. The molecule has 1 N–H and O–H groups in total. The monoisotopic (exact) mass is 405 g/mol. The van der Waals surface area contributed by atoms with Crippen LogP contribution >= 0.6 is 0 Å². The van der Waals surface area contributed by atoms with Gasteiger partial charge in [0.05, 0.1) is 0 Å². The third-order valence-electron chi connectivity index (χ3n) is 6.07. The largest absolute Gasteiger partial charge is 0.353 e. The summed E-state index contributed by atoms with van der Waals surface area (Å²) in [7, 11) is 0. The Labute approximate surface area is 175 Å². The quantitative estimate of drug-likeness (QED) is 0.725. The van der Waals surface area contributed by atoms with Gasteiger partial charge in [-0.2, -0.15) is 4.52 Å². The number of nitrogens with one attached hydrogen (secondary N) is 1. The van der Waals surface area contributed by atoms with E-state index >= 15 is 0 Å². The Morgan fingerprint density at radius 2 is 1.73 bits per heavy atom. The van der Waals surface area contributed by atoms with Crippen molar-refractivity contribution in [1.29, 1.82) is 0 Å². The Morgan fingerprint density at radius 1 is 0.900 bits per heavy atom. The molecule has 5 rings (SSSR count). The van der Waals surface area contributed by atoms with E-state index in [0.717, 1.165) is 61.7 Å². The maximum Gasteiger partial charge on any atom is 0.317 e. The molecule has 0 unspecified atom stereocenters. The highest BCUT2D eigenvalue weighted by molar-refractivity contribution is 5.74. The van der Waals surface area contributed by atoms with Gasteiger partial charge in [0, 0.05) is 37.8 Å². The molecular weight excluding hydrogens is 378 g/mol. The summed E-state index contributed by atoms with van der Waals surface area (Å²) in [4.78, 5) is 16.8. The van der Waals surface area contributed by atoms with Gasteiger partial charge in [-0.05, 0) is 31.4 Å². The second-order valence-corrected chi connectivity index (χ2v) is 8.11. The summed E-state index contributed by atoms with van der Waals surface area (Å²) in [6.45, 7) is 3.11. The summed E-state index contributed by atoms with van der Waals surface area (Å²) < 4.78 is 1.81.